The molecule has 1 unspecified atom stereocenters. The van der Waals surface area contributed by atoms with Crippen molar-refractivity contribution >= 4 is 5.69 Å². The highest BCUT2D eigenvalue weighted by Gasteiger charge is 2.23. The van der Waals surface area contributed by atoms with Crippen LogP contribution in [-0.4, -0.2) is 19.1 Å². The van der Waals surface area contributed by atoms with Crippen molar-refractivity contribution < 1.29 is 4.39 Å². The molecule has 1 aliphatic rings. The van der Waals surface area contributed by atoms with Gasteiger partial charge in [-0.05, 0) is 57.0 Å². The van der Waals surface area contributed by atoms with E-state index in [0.29, 0.717) is 6.04 Å². The molecular formula is C18H29FN2. The number of hydrogen-bond donors (Lipinski definition) is 1. The van der Waals surface area contributed by atoms with Crippen molar-refractivity contribution in [1.29, 1.82) is 0 Å². The summed E-state index contributed by atoms with van der Waals surface area (Å²) in [4.78, 5) is 2.49. The Morgan fingerprint density at radius 3 is 2.57 bits per heavy atom. The first-order chi connectivity index (χ1) is 10.2. The summed E-state index contributed by atoms with van der Waals surface area (Å²) in [5, 5.41) is 3.42. The fraction of sp³-hybridized carbons (Fsp3) is 0.667. The van der Waals surface area contributed by atoms with Crippen LogP contribution >= 0.6 is 0 Å². The second kappa shape index (κ2) is 7.79. The fourth-order valence-corrected chi connectivity index (χ4v) is 3.57. The first-order valence-electron chi connectivity index (χ1n) is 8.46. The largest absolute Gasteiger partial charge is 0.369 e. The molecule has 3 heteroatoms. The van der Waals surface area contributed by atoms with Crippen LogP contribution in [0.5, 0.6) is 0 Å². The van der Waals surface area contributed by atoms with Gasteiger partial charge in [-0.2, -0.15) is 0 Å². The Balaban J connectivity index is 2.30. The van der Waals surface area contributed by atoms with Gasteiger partial charge in [0.15, 0.2) is 0 Å². The summed E-state index contributed by atoms with van der Waals surface area (Å²) in [6.45, 7) is 8.30. The molecule has 0 bridgehead atoms. The van der Waals surface area contributed by atoms with Crippen LogP contribution in [0.1, 0.15) is 64.5 Å². The van der Waals surface area contributed by atoms with E-state index in [9.17, 15) is 4.39 Å². The molecule has 0 aromatic heterocycles. The molecule has 0 aliphatic heterocycles. The van der Waals surface area contributed by atoms with E-state index in [1.54, 1.807) is 12.1 Å². The Morgan fingerprint density at radius 2 is 1.95 bits per heavy atom. The van der Waals surface area contributed by atoms with Crippen molar-refractivity contribution in [3.8, 4) is 0 Å². The van der Waals surface area contributed by atoms with Crippen LogP contribution in [0, 0.1) is 5.82 Å². The third-order valence-corrected chi connectivity index (χ3v) is 4.63. The van der Waals surface area contributed by atoms with E-state index in [1.165, 1.54) is 37.8 Å². The number of rotatable bonds is 6. The van der Waals surface area contributed by atoms with Gasteiger partial charge in [-0.1, -0.05) is 26.2 Å². The van der Waals surface area contributed by atoms with Crippen molar-refractivity contribution in [3.63, 3.8) is 0 Å². The maximum atomic E-state index is 13.7. The summed E-state index contributed by atoms with van der Waals surface area (Å²) in [6.07, 6.45) is 6.53. The van der Waals surface area contributed by atoms with Gasteiger partial charge in [-0.3, -0.25) is 0 Å². The molecular weight excluding hydrogens is 263 g/mol. The van der Waals surface area contributed by atoms with E-state index < -0.39 is 0 Å². The zero-order valence-electron chi connectivity index (χ0n) is 13.7. The number of nitrogens with zero attached hydrogens (tertiary/aromatic N) is 1. The third kappa shape index (κ3) is 3.97. The molecule has 0 radical (unpaired) electrons. The molecule has 1 atom stereocenters. The van der Waals surface area contributed by atoms with Crippen LogP contribution in [0.25, 0.3) is 0 Å². The molecule has 1 saturated carbocycles. The quantitative estimate of drug-likeness (QED) is 0.820. The maximum Gasteiger partial charge on any atom is 0.123 e. The molecule has 0 saturated heterocycles. The lowest BCUT2D eigenvalue weighted by Gasteiger charge is -2.37. The van der Waals surface area contributed by atoms with Gasteiger partial charge in [-0.15, -0.1) is 0 Å². The summed E-state index contributed by atoms with van der Waals surface area (Å²) < 4.78 is 13.7. The molecule has 1 N–H and O–H groups in total. The van der Waals surface area contributed by atoms with Gasteiger partial charge >= 0.3 is 0 Å². The van der Waals surface area contributed by atoms with Gasteiger partial charge < -0.3 is 10.2 Å². The maximum absolute atomic E-state index is 13.7. The summed E-state index contributed by atoms with van der Waals surface area (Å²) in [5.41, 5.74) is 2.29. The van der Waals surface area contributed by atoms with Crippen molar-refractivity contribution in [3.05, 3.63) is 29.6 Å². The van der Waals surface area contributed by atoms with Gasteiger partial charge in [-0.25, -0.2) is 4.39 Å². The van der Waals surface area contributed by atoms with E-state index in [0.717, 1.165) is 18.7 Å². The highest BCUT2D eigenvalue weighted by molar-refractivity contribution is 5.56. The SMILES string of the molecule is CCNC(C)c1cc(F)ccc1N(CC)C1CCCCC1. The highest BCUT2D eigenvalue weighted by atomic mass is 19.1. The monoisotopic (exact) mass is 292 g/mol. The minimum absolute atomic E-state index is 0.141. The Labute approximate surface area is 128 Å². The standard InChI is InChI=1S/C18H29FN2/c1-4-20-14(3)17-13-15(19)11-12-18(17)21(5-2)16-9-7-6-8-10-16/h11-14,16,20H,4-10H2,1-3H3. The minimum Gasteiger partial charge on any atom is -0.369 e. The van der Waals surface area contributed by atoms with E-state index >= 15 is 0 Å². The predicted molar refractivity (Wildman–Crippen MR) is 88.4 cm³/mol. The molecule has 1 fully saturated rings. The Morgan fingerprint density at radius 1 is 1.24 bits per heavy atom. The first kappa shape index (κ1) is 16.3. The third-order valence-electron chi connectivity index (χ3n) is 4.63. The van der Waals surface area contributed by atoms with Crippen molar-refractivity contribution in [2.75, 3.05) is 18.0 Å². The van der Waals surface area contributed by atoms with E-state index in [4.69, 9.17) is 0 Å². The van der Waals surface area contributed by atoms with Gasteiger partial charge in [0.25, 0.3) is 0 Å². The molecule has 1 aromatic rings. The zero-order valence-corrected chi connectivity index (χ0v) is 13.7. The van der Waals surface area contributed by atoms with E-state index in [1.807, 2.05) is 6.07 Å². The molecule has 0 heterocycles. The average Bonchev–Trinajstić information content (AvgIpc) is 2.50. The van der Waals surface area contributed by atoms with Gasteiger partial charge in [0.1, 0.15) is 5.82 Å². The normalized spacial score (nSPS) is 17.7. The van der Waals surface area contributed by atoms with Crippen molar-refractivity contribution in [2.24, 2.45) is 0 Å². The highest BCUT2D eigenvalue weighted by Crippen LogP contribution is 2.32. The summed E-state index contributed by atoms with van der Waals surface area (Å²) in [7, 11) is 0. The van der Waals surface area contributed by atoms with Crippen LogP contribution < -0.4 is 10.2 Å². The minimum atomic E-state index is -0.141. The Bertz CT molecular complexity index is 441. The lowest BCUT2D eigenvalue weighted by atomic mass is 9.92. The molecule has 0 spiro atoms. The van der Waals surface area contributed by atoms with Gasteiger partial charge in [0, 0.05) is 24.3 Å². The van der Waals surface area contributed by atoms with Gasteiger partial charge in [0.05, 0.1) is 0 Å². The molecule has 118 valence electrons. The Kier molecular flexibility index (Phi) is 6.04. The zero-order chi connectivity index (χ0) is 15.2. The number of benzene rings is 1. The lowest BCUT2D eigenvalue weighted by molar-refractivity contribution is 0.416. The van der Waals surface area contributed by atoms with Crippen LogP contribution in [0.15, 0.2) is 18.2 Å². The fourth-order valence-electron chi connectivity index (χ4n) is 3.57. The molecule has 2 nitrogen and oxygen atoms in total. The van der Waals surface area contributed by atoms with E-state index in [-0.39, 0.29) is 11.9 Å². The van der Waals surface area contributed by atoms with Crippen molar-refractivity contribution in [2.45, 2.75) is 65.0 Å². The lowest BCUT2D eigenvalue weighted by Crippen LogP contribution is -2.38. The van der Waals surface area contributed by atoms with Crippen LogP contribution in [0.3, 0.4) is 0 Å². The summed E-state index contributed by atoms with van der Waals surface area (Å²) in [6, 6.07) is 6.06. The van der Waals surface area contributed by atoms with E-state index in [2.05, 4.69) is 31.0 Å². The molecule has 0 amide bonds. The summed E-state index contributed by atoms with van der Waals surface area (Å²) >= 11 is 0. The second-order valence-corrected chi connectivity index (χ2v) is 6.06. The molecule has 21 heavy (non-hydrogen) atoms. The van der Waals surface area contributed by atoms with Gasteiger partial charge in [0.2, 0.25) is 0 Å². The number of hydrogen-bond acceptors (Lipinski definition) is 2. The van der Waals surface area contributed by atoms with Crippen LogP contribution in [0.4, 0.5) is 10.1 Å². The molecule has 2 rings (SSSR count). The van der Waals surface area contributed by atoms with Crippen LogP contribution in [0.2, 0.25) is 0 Å². The average molecular weight is 292 g/mol. The smallest absolute Gasteiger partial charge is 0.123 e. The number of nitrogens with one attached hydrogen (secondary N) is 1. The second-order valence-electron chi connectivity index (χ2n) is 6.06. The first-order valence-corrected chi connectivity index (χ1v) is 8.46. The summed E-state index contributed by atoms with van der Waals surface area (Å²) in [5.74, 6) is -0.141. The van der Waals surface area contributed by atoms with Crippen molar-refractivity contribution in [1.82, 2.24) is 5.32 Å². The predicted octanol–water partition coefficient (Wildman–Crippen LogP) is 4.66. The number of anilines is 1. The topological polar surface area (TPSA) is 15.3 Å². The molecule has 1 aromatic carbocycles. The Hall–Kier alpha value is -1.09. The molecule has 1 aliphatic carbocycles. The number of halogens is 1. The van der Waals surface area contributed by atoms with Crippen LogP contribution in [-0.2, 0) is 0 Å².